The molecule has 3 rings (SSSR count). The van der Waals surface area contributed by atoms with E-state index in [1.54, 1.807) is 19.1 Å². The van der Waals surface area contributed by atoms with Gasteiger partial charge in [-0.25, -0.2) is 13.8 Å². The summed E-state index contributed by atoms with van der Waals surface area (Å²) in [5.41, 5.74) is -1.24. The van der Waals surface area contributed by atoms with E-state index in [1.807, 2.05) is 0 Å². The predicted octanol–water partition coefficient (Wildman–Crippen LogP) is 1.81. The summed E-state index contributed by atoms with van der Waals surface area (Å²) in [6, 6.07) is 6.01. The molecule has 0 aliphatic carbocycles. The van der Waals surface area contributed by atoms with Crippen molar-refractivity contribution in [2.45, 2.75) is 24.7 Å². The Bertz CT molecular complexity index is 566. The van der Waals surface area contributed by atoms with Crippen LogP contribution in [0.5, 0.6) is 0 Å². The van der Waals surface area contributed by atoms with Crippen molar-refractivity contribution in [1.82, 2.24) is 0 Å². The molecule has 0 saturated carbocycles. The van der Waals surface area contributed by atoms with Crippen LogP contribution in [-0.4, -0.2) is 43.1 Å². The van der Waals surface area contributed by atoms with Crippen LogP contribution in [0.3, 0.4) is 0 Å². The number of fused-ring (bicyclic) bond motifs is 1. The number of hydrogen-bond acceptors (Lipinski definition) is 4. The average Bonchev–Trinajstić information content (AvgIpc) is 2.90. The fraction of sp³-hybridized carbons (Fsp3) is 0.533. The summed E-state index contributed by atoms with van der Waals surface area (Å²) >= 11 is 0. The fourth-order valence-electron chi connectivity index (χ4n) is 3.40. The molecule has 0 spiro atoms. The highest BCUT2D eigenvalue weighted by Crippen LogP contribution is 2.46. The van der Waals surface area contributed by atoms with E-state index < -0.39 is 36.2 Å². The zero-order valence-corrected chi connectivity index (χ0v) is 11.6. The lowest BCUT2D eigenvalue weighted by atomic mass is 9.73. The Morgan fingerprint density at radius 3 is 2.86 bits per heavy atom. The number of aliphatic hydroxyl groups excluding tert-OH is 1. The molecule has 1 aromatic carbocycles. The van der Waals surface area contributed by atoms with Crippen molar-refractivity contribution in [3.63, 3.8) is 0 Å². The predicted molar refractivity (Wildman–Crippen MR) is 72.4 cm³/mol. The zero-order chi connectivity index (χ0) is 15.0. The first-order chi connectivity index (χ1) is 10.1. The molecule has 6 heteroatoms. The zero-order valence-electron chi connectivity index (χ0n) is 11.6. The second-order valence-electron chi connectivity index (χ2n) is 5.40. The third-order valence-corrected chi connectivity index (χ3v) is 4.23. The molecule has 1 fully saturated rings. The molecule has 0 aromatic heterocycles. The average molecular weight is 297 g/mol. The Morgan fingerprint density at radius 2 is 2.19 bits per heavy atom. The van der Waals surface area contributed by atoms with Gasteiger partial charge in [-0.05, 0) is 6.07 Å². The van der Waals surface area contributed by atoms with Gasteiger partial charge in [-0.2, -0.15) is 0 Å². The number of ether oxygens (including phenoxy) is 2. The molecule has 1 N–H and O–H groups in total. The smallest absolute Gasteiger partial charge is 0.181 e. The van der Waals surface area contributed by atoms with Crippen LogP contribution >= 0.6 is 0 Å². The highest BCUT2D eigenvalue weighted by molar-refractivity contribution is 5.75. The van der Waals surface area contributed by atoms with Crippen LogP contribution in [0.1, 0.15) is 12.5 Å². The van der Waals surface area contributed by atoms with Crippen LogP contribution in [0.2, 0.25) is 0 Å². The van der Waals surface area contributed by atoms with Gasteiger partial charge in [-0.15, -0.1) is 0 Å². The number of alkyl halides is 1. The van der Waals surface area contributed by atoms with Crippen molar-refractivity contribution in [3.8, 4) is 0 Å². The maximum absolute atomic E-state index is 14.2. The summed E-state index contributed by atoms with van der Waals surface area (Å²) < 4.78 is 39.4. The molecule has 0 bridgehead atoms. The molecule has 114 valence electrons. The molecule has 1 saturated heterocycles. The number of benzene rings is 1. The minimum Gasteiger partial charge on any atom is -0.475 e. The molecule has 0 unspecified atom stereocenters. The van der Waals surface area contributed by atoms with E-state index in [-0.39, 0.29) is 18.8 Å². The van der Waals surface area contributed by atoms with Gasteiger partial charge in [0.25, 0.3) is 0 Å². The third kappa shape index (κ3) is 2.13. The first kappa shape index (κ1) is 14.4. The Labute approximate surface area is 121 Å². The van der Waals surface area contributed by atoms with Crippen LogP contribution in [0.4, 0.5) is 8.78 Å². The number of aliphatic hydroxyl groups is 1. The van der Waals surface area contributed by atoms with E-state index in [1.165, 1.54) is 12.1 Å². The summed E-state index contributed by atoms with van der Waals surface area (Å²) in [6.07, 6.45) is -1.06. The third-order valence-electron chi connectivity index (χ3n) is 4.23. The van der Waals surface area contributed by atoms with Gasteiger partial charge in [0.1, 0.15) is 24.1 Å². The molecule has 21 heavy (non-hydrogen) atoms. The Hall–Kier alpha value is -1.53. The topological polar surface area (TPSA) is 51.1 Å². The summed E-state index contributed by atoms with van der Waals surface area (Å²) in [7, 11) is 0. The molecule has 2 heterocycles. The second-order valence-corrected chi connectivity index (χ2v) is 5.40. The largest absolute Gasteiger partial charge is 0.475 e. The molecule has 1 aromatic rings. The summed E-state index contributed by atoms with van der Waals surface area (Å²) in [5, 5.41) is 9.47. The number of rotatable bonds is 3. The summed E-state index contributed by atoms with van der Waals surface area (Å²) in [4.78, 5) is 4.29. The Balaban J connectivity index is 2.17. The van der Waals surface area contributed by atoms with Gasteiger partial charge in [0.2, 0.25) is 0 Å². The lowest BCUT2D eigenvalue weighted by molar-refractivity contribution is 0.00520. The monoisotopic (exact) mass is 297 g/mol. The van der Waals surface area contributed by atoms with E-state index in [0.29, 0.717) is 5.90 Å². The van der Waals surface area contributed by atoms with Crippen molar-refractivity contribution in [2.75, 3.05) is 19.9 Å². The van der Waals surface area contributed by atoms with Gasteiger partial charge < -0.3 is 14.6 Å². The van der Waals surface area contributed by atoms with E-state index in [4.69, 9.17) is 9.47 Å². The highest BCUT2D eigenvalue weighted by atomic mass is 19.1. The molecule has 0 radical (unpaired) electrons. The SMILES string of the molecule is CC1=N[C@](CF)(c2ccccc2F)[C@H]2[C@H](CO)OC[C@H]2O1. The molecule has 0 amide bonds. The van der Waals surface area contributed by atoms with Gasteiger partial charge >= 0.3 is 0 Å². The van der Waals surface area contributed by atoms with E-state index in [2.05, 4.69) is 4.99 Å². The number of nitrogens with zero attached hydrogens (tertiary/aromatic N) is 1. The highest BCUT2D eigenvalue weighted by Gasteiger charge is 2.56. The van der Waals surface area contributed by atoms with E-state index >= 15 is 0 Å². The minimum absolute atomic E-state index is 0.175. The van der Waals surface area contributed by atoms with E-state index in [0.717, 1.165) is 0 Å². The first-order valence-corrected chi connectivity index (χ1v) is 6.89. The quantitative estimate of drug-likeness (QED) is 0.926. The normalized spacial score (nSPS) is 35.0. The van der Waals surface area contributed by atoms with Crippen molar-refractivity contribution in [2.24, 2.45) is 10.9 Å². The van der Waals surface area contributed by atoms with Crippen LogP contribution in [0.25, 0.3) is 0 Å². The van der Waals surface area contributed by atoms with Gasteiger partial charge in [-0.1, -0.05) is 18.2 Å². The van der Waals surface area contributed by atoms with Crippen LogP contribution in [-0.2, 0) is 15.0 Å². The molecule has 4 atom stereocenters. The number of aliphatic imine (C=N–C) groups is 1. The standard InChI is InChI=1S/C15H17F2NO3/c1-9-18-15(8-16,10-4-2-3-5-11(10)17)14-12(6-19)20-7-13(14)21-9/h2-5,12-14,19H,6-8H2,1H3/t12-,13+,14-,15+/m0/s1. The van der Waals surface area contributed by atoms with E-state index in [9.17, 15) is 13.9 Å². The van der Waals surface area contributed by atoms with Gasteiger partial charge in [0, 0.05) is 12.5 Å². The summed E-state index contributed by atoms with van der Waals surface area (Å²) in [5.74, 6) is -0.775. The summed E-state index contributed by atoms with van der Waals surface area (Å²) in [6.45, 7) is 0.692. The molecular weight excluding hydrogens is 280 g/mol. The molecule has 2 aliphatic heterocycles. The van der Waals surface area contributed by atoms with Gasteiger partial charge in [0.15, 0.2) is 5.90 Å². The second kappa shape index (κ2) is 5.35. The van der Waals surface area contributed by atoms with Crippen molar-refractivity contribution in [3.05, 3.63) is 35.6 Å². The van der Waals surface area contributed by atoms with Crippen molar-refractivity contribution >= 4 is 5.90 Å². The first-order valence-electron chi connectivity index (χ1n) is 6.89. The lowest BCUT2D eigenvalue weighted by Gasteiger charge is -2.41. The van der Waals surface area contributed by atoms with Gasteiger partial charge in [0.05, 0.1) is 25.2 Å². The van der Waals surface area contributed by atoms with Crippen LogP contribution in [0, 0.1) is 11.7 Å². The number of halogens is 2. The van der Waals surface area contributed by atoms with Crippen molar-refractivity contribution in [1.29, 1.82) is 0 Å². The fourth-order valence-corrected chi connectivity index (χ4v) is 3.40. The van der Waals surface area contributed by atoms with Crippen molar-refractivity contribution < 1.29 is 23.4 Å². The minimum atomic E-state index is -1.41. The lowest BCUT2D eigenvalue weighted by Crippen LogP contribution is -2.51. The molecule has 2 aliphatic rings. The Kier molecular flexibility index (Phi) is 3.67. The van der Waals surface area contributed by atoms with Gasteiger partial charge in [-0.3, -0.25) is 0 Å². The molecule has 4 nitrogen and oxygen atoms in total. The van der Waals surface area contributed by atoms with Crippen LogP contribution in [0.15, 0.2) is 29.3 Å². The maximum atomic E-state index is 14.2. The number of hydrogen-bond donors (Lipinski definition) is 1. The maximum Gasteiger partial charge on any atom is 0.181 e. The Morgan fingerprint density at radius 1 is 1.43 bits per heavy atom. The molecular formula is C15H17F2NO3. The van der Waals surface area contributed by atoms with Crippen LogP contribution < -0.4 is 0 Å².